The Balaban J connectivity index is 1.86. The number of rotatable bonds is 3. The maximum atomic E-state index is 13.3. The average Bonchev–Trinajstić information content (AvgIpc) is 3.34. The van der Waals surface area contributed by atoms with E-state index in [1.807, 2.05) is 6.07 Å². The quantitative estimate of drug-likeness (QED) is 0.414. The molecule has 0 fully saturated rings. The minimum atomic E-state index is -0.665. The van der Waals surface area contributed by atoms with Gasteiger partial charge in [0.25, 0.3) is 0 Å². The van der Waals surface area contributed by atoms with Crippen LogP contribution >= 0.6 is 34.5 Å². The van der Waals surface area contributed by atoms with Crippen LogP contribution in [0.2, 0.25) is 10.2 Å². The van der Waals surface area contributed by atoms with Crippen LogP contribution in [0.4, 0.5) is 21.9 Å². The van der Waals surface area contributed by atoms with Gasteiger partial charge in [-0.2, -0.15) is 5.26 Å². The van der Waals surface area contributed by atoms with Crippen LogP contribution in [0.5, 0.6) is 11.5 Å². The lowest BCUT2D eigenvalue weighted by atomic mass is 10.1. The van der Waals surface area contributed by atoms with Crippen molar-refractivity contribution in [3.05, 3.63) is 32.7 Å². The first-order chi connectivity index (χ1) is 15.0. The Morgan fingerprint density at radius 3 is 2.94 bits per heavy atom. The monoisotopic (exact) mass is 476 g/mol. The average molecular weight is 477 g/mol. The Bertz CT molecular complexity index is 1350. The molecular formula is C19H10Cl2N4O5S. The second-order valence-electron chi connectivity index (χ2n) is 6.34. The van der Waals surface area contributed by atoms with Crippen LogP contribution in [0.25, 0.3) is 10.2 Å². The lowest BCUT2D eigenvalue weighted by Crippen LogP contribution is -2.35. The summed E-state index contributed by atoms with van der Waals surface area (Å²) in [6, 6.07) is 4.50. The number of esters is 1. The number of amides is 2. The van der Waals surface area contributed by atoms with Crippen molar-refractivity contribution < 1.29 is 23.8 Å². The largest absolute Gasteiger partial charge is 0.462 e. The summed E-state index contributed by atoms with van der Waals surface area (Å²) in [4.78, 5) is 31.7. The molecule has 9 nitrogen and oxygen atoms in total. The van der Waals surface area contributed by atoms with Gasteiger partial charge in [0.15, 0.2) is 16.7 Å². The van der Waals surface area contributed by atoms with Gasteiger partial charge in [0.2, 0.25) is 6.79 Å². The number of hydrogen-bond donors (Lipinski definition) is 1. The number of anilines is 3. The molecule has 2 aliphatic heterocycles. The van der Waals surface area contributed by atoms with Crippen LogP contribution in [0, 0.1) is 11.3 Å². The maximum absolute atomic E-state index is 13.3. The Morgan fingerprint density at radius 2 is 2.19 bits per heavy atom. The lowest BCUT2D eigenvalue weighted by molar-refractivity contribution is 0.0533. The van der Waals surface area contributed by atoms with Crippen LogP contribution in [-0.2, 0) is 4.74 Å². The summed E-state index contributed by atoms with van der Waals surface area (Å²) < 4.78 is 16.0. The van der Waals surface area contributed by atoms with Gasteiger partial charge >= 0.3 is 12.0 Å². The van der Waals surface area contributed by atoms with Gasteiger partial charge in [-0.1, -0.05) is 23.2 Å². The predicted molar refractivity (Wildman–Crippen MR) is 114 cm³/mol. The molecule has 0 bridgehead atoms. The normalized spacial score (nSPS) is 13.9. The SMILES string of the molecule is CCOC(=O)c1sc2nc(Cl)c(C#N)c3c2c1NC(=O)N3c1c(Cl)ccc2c1OCO2. The van der Waals surface area contributed by atoms with Crippen molar-refractivity contribution in [3.8, 4) is 17.6 Å². The summed E-state index contributed by atoms with van der Waals surface area (Å²) in [5.74, 6) is 0.0209. The Labute approximate surface area is 188 Å². The molecule has 156 valence electrons. The maximum Gasteiger partial charge on any atom is 0.350 e. The fourth-order valence-corrected chi connectivity index (χ4v) is 5.02. The highest BCUT2D eigenvalue weighted by atomic mass is 35.5. The number of nitrogens with zero attached hydrogens (tertiary/aromatic N) is 3. The summed E-state index contributed by atoms with van der Waals surface area (Å²) >= 11 is 13.7. The summed E-state index contributed by atoms with van der Waals surface area (Å²) in [6.07, 6.45) is 0. The number of fused-ring (bicyclic) bond motifs is 1. The van der Waals surface area contributed by atoms with E-state index in [0.29, 0.717) is 16.0 Å². The van der Waals surface area contributed by atoms with Crippen molar-refractivity contribution in [2.24, 2.45) is 0 Å². The number of urea groups is 1. The van der Waals surface area contributed by atoms with E-state index in [9.17, 15) is 14.9 Å². The zero-order chi connectivity index (χ0) is 21.9. The van der Waals surface area contributed by atoms with Crippen LogP contribution in [0.1, 0.15) is 22.2 Å². The van der Waals surface area contributed by atoms with Gasteiger partial charge in [-0.15, -0.1) is 11.3 Å². The summed E-state index contributed by atoms with van der Waals surface area (Å²) in [6.45, 7) is 1.78. The molecule has 2 aliphatic rings. The molecule has 0 atom stereocenters. The number of pyridine rings is 1. The third-order valence-electron chi connectivity index (χ3n) is 4.69. The number of carbonyl (C=O) groups is 2. The van der Waals surface area contributed by atoms with Gasteiger partial charge in [0.1, 0.15) is 27.0 Å². The standard InChI is InChI=1S/C19H10Cl2N4O5S/c1-2-28-18(26)15-11-10-12(7(5-22)16(21)24-17(10)31-15)25(19(27)23-11)13-8(20)3-4-9-14(13)30-6-29-9/h3-4H,2,6H2,1H3,(H,23,27). The van der Waals surface area contributed by atoms with Gasteiger partial charge in [0, 0.05) is 0 Å². The molecule has 4 heterocycles. The van der Waals surface area contributed by atoms with Crippen molar-refractivity contribution in [1.29, 1.82) is 5.26 Å². The first-order valence-corrected chi connectivity index (χ1v) is 10.5. The molecule has 0 radical (unpaired) electrons. The molecule has 0 aliphatic carbocycles. The van der Waals surface area contributed by atoms with Crippen LogP contribution in [-0.4, -0.2) is 30.4 Å². The minimum absolute atomic E-state index is 0.0491. The number of ether oxygens (including phenoxy) is 3. The van der Waals surface area contributed by atoms with E-state index in [1.165, 1.54) is 4.90 Å². The zero-order valence-corrected chi connectivity index (χ0v) is 17.9. The van der Waals surface area contributed by atoms with E-state index in [2.05, 4.69) is 10.3 Å². The van der Waals surface area contributed by atoms with Crippen molar-refractivity contribution in [3.63, 3.8) is 0 Å². The molecule has 2 amide bonds. The summed E-state index contributed by atoms with van der Waals surface area (Å²) in [5.41, 5.74) is 0.486. The molecule has 12 heteroatoms. The van der Waals surface area contributed by atoms with Gasteiger partial charge < -0.3 is 19.5 Å². The smallest absolute Gasteiger partial charge is 0.350 e. The molecular weight excluding hydrogens is 467 g/mol. The summed E-state index contributed by atoms with van der Waals surface area (Å²) in [7, 11) is 0. The number of aromatic nitrogens is 1. The van der Waals surface area contributed by atoms with E-state index in [-0.39, 0.29) is 56.8 Å². The van der Waals surface area contributed by atoms with Gasteiger partial charge in [-0.25, -0.2) is 14.6 Å². The number of nitriles is 1. The van der Waals surface area contributed by atoms with E-state index in [4.69, 9.17) is 37.4 Å². The van der Waals surface area contributed by atoms with Gasteiger partial charge in [0.05, 0.1) is 28.4 Å². The fourth-order valence-electron chi connectivity index (χ4n) is 3.49. The van der Waals surface area contributed by atoms with Gasteiger partial charge in [-0.3, -0.25) is 4.90 Å². The fraction of sp³-hybridized carbons (Fsp3) is 0.158. The minimum Gasteiger partial charge on any atom is -0.462 e. The second kappa shape index (κ2) is 7.16. The first-order valence-electron chi connectivity index (χ1n) is 8.88. The number of thiophene rings is 1. The van der Waals surface area contributed by atoms with Crippen LogP contribution in [0.15, 0.2) is 12.1 Å². The number of benzene rings is 1. The number of nitrogens with one attached hydrogen (secondary N) is 1. The second-order valence-corrected chi connectivity index (χ2v) is 8.10. The number of halogens is 2. The molecule has 0 unspecified atom stereocenters. The molecule has 5 rings (SSSR count). The molecule has 3 aromatic rings. The van der Waals surface area contributed by atoms with Crippen molar-refractivity contribution in [1.82, 2.24) is 4.98 Å². The Hall–Kier alpha value is -3.26. The van der Waals surface area contributed by atoms with Gasteiger partial charge in [-0.05, 0) is 19.1 Å². The lowest BCUT2D eigenvalue weighted by Gasteiger charge is -2.30. The zero-order valence-electron chi connectivity index (χ0n) is 15.6. The van der Waals surface area contributed by atoms with E-state index < -0.39 is 12.0 Å². The highest BCUT2D eigenvalue weighted by Gasteiger charge is 2.39. The van der Waals surface area contributed by atoms with Crippen molar-refractivity contribution in [2.75, 3.05) is 23.6 Å². The Morgan fingerprint density at radius 1 is 1.39 bits per heavy atom. The molecule has 0 saturated carbocycles. The van der Waals surface area contributed by atoms with E-state index in [0.717, 1.165) is 11.3 Å². The highest BCUT2D eigenvalue weighted by Crippen LogP contribution is 2.54. The molecule has 0 spiro atoms. The molecule has 1 aromatic carbocycles. The topological polar surface area (TPSA) is 114 Å². The first kappa shape index (κ1) is 19.7. The molecule has 2 aromatic heterocycles. The van der Waals surface area contributed by atoms with Crippen molar-refractivity contribution >= 4 is 73.8 Å². The highest BCUT2D eigenvalue weighted by molar-refractivity contribution is 7.21. The number of hydrogen-bond acceptors (Lipinski definition) is 8. The molecule has 1 N–H and O–H groups in total. The molecule has 0 saturated heterocycles. The van der Waals surface area contributed by atoms with Crippen LogP contribution in [0.3, 0.4) is 0 Å². The van der Waals surface area contributed by atoms with Crippen molar-refractivity contribution in [2.45, 2.75) is 6.92 Å². The third-order valence-corrected chi connectivity index (χ3v) is 6.33. The van der Waals surface area contributed by atoms with E-state index >= 15 is 0 Å². The Kier molecular flexibility index (Phi) is 4.55. The number of carbonyl (C=O) groups excluding carboxylic acids is 2. The predicted octanol–water partition coefficient (Wildman–Crippen LogP) is 5.06. The molecule has 31 heavy (non-hydrogen) atoms. The third kappa shape index (κ3) is 2.78. The van der Waals surface area contributed by atoms with Crippen LogP contribution < -0.4 is 19.7 Å². The summed E-state index contributed by atoms with van der Waals surface area (Å²) in [5, 5.41) is 13.0. The van der Waals surface area contributed by atoms with E-state index in [1.54, 1.807) is 19.1 Å².